The second-order valence-electron chi connectivity index (χ2n) is 8.67. The molecule has 1 fully saturated rings. The molecule has 0 aliphatic carbocycles. The average molecular weight is 462 g/mol. The molecule has 34 heavy (non-hydrogen) atoms. The summed E-state index contributed by atoms with van der Waals surface area (Å²) in [5.41, 5.74) is 2.83. The van der Waals surface area contributed by atoms with E-state index >= 15 is 0 Å². The predicted molar refractivity (Wildman–Crippen MR) is 127 cm³/mol. The van der Waals surface area contributed by atoms with Crippen LogP contribution in [0.25, 0.3) is 28.2 Å². The topological polar surface area (TPSA) is 126 Å². The number of phenolic OH excluding ortho intramolecular Hbond substituents is 1. The summed E-state index contributed by atoms with van der Waals surface area (Å²) in [4.78, 5) is 15.4. The van der Waals surface area contributed by atoms with Crippen molar-refractivity contribution in [2.24, 2.45) is 5.92 Å². The van der Waals surface area contributed by atoms with E-state index in [1.807, 2.05) is 6.07 Å². The molecule has 0 radical (unpaired) electrons. The standard InChI is InChI=1S/C23H27N9O2/c1-13(2)18-12-31(8-7-24-18)23-26-10-17(28-29-23)16-6-5-15(9-19(16)33)21-22(34-4)32-20(11-25-21)27-14(3)30-32/h5-6,9-11,13,18,24,33H,7-8,12H2,1-4H3/t18-/m1/s1. The minimum atomic E-state index is 0.0436. The van der Waals surface area contributed by atoms with E-state index < -0.39 is 0 Å². The van der Waals surface area contributed by atoms with Crippen LogP contribution in [0.15, 0.2) is 30.6 Å². The van der Waals surface area contributed by atoms with Gasteiger partial charge in [-0.05, 0) is 25.0 Å². The fraction of sp³-hybridized carbons (Fsp3) is 0.391. The highest BCUT2D eigenvalue weighted by atomic mass is 16.5. The van der Waals surface area contributed by atoms with Gasteiger partial charge in [0.1, 0.15) is 23.0 Å². The first-order valence-electron chi connectivity index (χ1n) is 11.2. The first kappa shape index (κ1) is 22.0. The largest absolute Gasteiger partial charge is 0.507 e. The molecule has 11 nitrogen and oxygen atoms in total. The van der Waals surface area contributed by atoms with E-state index in [1.54, 1.807) is 43.1 Å². The van der Waals surface area contributed by atoms with E-state index in [-0.39, 0.29) is 5.75 Å². The number of hydrogen-bond acceptors (Lipinski definition) is 10. The Morgan fingerprint density at radius 2 is 2.03 bits per heavy atom. The lowest BCUT2D eigenvalue weighted by Crippen LogP contribution is -2.53. The van der Waals surface area contributed by atoms with Gasteiger partial charge in [0.05, 0.1) is 19.5 Å². The van der Waals surface area contributed by atoms with Crippen molar-refractivity contribution in [3.8, 4) is 34.1 Å². The van der Waals surface area contributed by atoms with E-state index in [4.69, 9.17) is 4.74 Å². The van der Waals surface area contributed by atoms with Crippen molar-refractivity contribution < 1.29 is 9.84 Å². The number of aryl methyl sites for hydroxylation is 1. The second kappa shape index (κ2) is 8.82. The first-order chi connectivity index (χ1) is 16.4. The van der Waals surface area contributed by atoms with Gasteiger partial charge in [-0.1, -0.05) is 19.9 Å². The smallest absolute Gasteiger partial charge is 0.245 e. The molecule has 1 aliphatic rings. The zero-order valence-corrected chi connectivity index (χ0v) is 19.6. The van der Waals surface area contributed by atoms with Gasteiger partial charge < -0.3 is 20.1 Å². The Bertz CT molecular complexity index is 1320. The number of rotatable bonds is 5. The quantitative estimate of drug-likeness (QED) is 0.456. The van der Waals surface area contributed by atoms with Crippen molar-refractivity contribution in [3.05, 3.63) is 36.4 Å². The second-order valence-corrected chi connectivity index (χ2v) is 8.67. The summed E-state index contributed by atoms with van der Waals surface area (Å²) >= 11 is 0. The maximum absolute atomic E-state index is 10.8. The third-order valence-corrected chi connectivity index (χ3v) is 6.03. The molecule has 0 amide bonds. The highest BCUT2D eigenvalue weighted by molar-refractivity contribution is 5.74. The van der Waals surface area contributed by atoms with Crippen molar-refractivity contribution in [2.75, 3.05) is 31.6 Å². The van der Waals surface area contributed by atoms with E-state index in [2.05, 4.69) is 54.3 Å². The molecule has 5 rings (SSSR count). The van der Waals surface area contributed by atoms with Crippen LogP contribution in [0.1, 0.15) is 19.7 Å². The molecule has 176 valence electrons. The average Bonchev–Trinajstić information content (AvgIpc) is 3.24. The van der Waals surface area contributed by atoms with Gasteiger partial charge in [-0.2, -0.15) is 4.52 Å². The molecule has 1 atom stereocenters. The van der Waals surface area contributed by atoms with E-state index in [1.165, 1.54) is 0 Å². The lowest BCUT2D eigenvalue weighted by Gasteiger charge is -2.35. The van der Waals surface area contributed by atoms with E-state index in [0.29, 0.717) is 57.8 Å². The third-order valence-electron chi connectivity index (χ3n) is 6.03. The van der Waals surface area contributed by atoms with Gasteiger partial charge in [-0.25, -0.2) is 15.0 Å². The summed E-state index contributed by atoms with van der Waals surface area (Å²) in [6.07, 6.45) is 3.27. The Kier molecular flexibility index (Phi) is 5.70. The Balaban J connectivity index is 1.42. The molecule has 11 heteroatoms. The maximum atomic E-state index is 10.8. The molecule has 4 heterocycles. The van der Waals surface area contributed by atoms with Crippen LogP contribution in [0.2, 0.25) is 0 Å². The summed E-state index contributed by atoms with van der Waals surface area (Å²) in [5.74, 6) is 2.21. The Morgan fingerprint density at radius 1 is 1.18 bits per heavy atom. The molecule has 4 aromatic rings. The number of benzene rings is 1. The molecule has 0 unspecified atom stereocenters. The number of aromatic nitrogens is 7. The molecule has 1 aliphatic heterocycles. The molecule has 1 saturated heterocycles. The Labute approximate surface area is 196 Å². The molecular weight excluding hydrogens is 434 g/mol. The van der Waals surface area contributed by atoms with E-state index in [0.717, 1.165) is 19.6 Å². The number of aromatic hydroxyl groups is 1. The minimum Gasteiger partial charge on any atom is -0.507 e. The first-order valence-corrected chi connectivity index (χ1v) is 11.2. The van der Waals surface area contributed by atoms with Gasteiger partial charge in [-0.3, -0.25) is 0 Å². The van der Waals surface area contributed by atoms with Crippen molar-refractivity contribution in [3.63, 3.8) is 0 Å². The van der Waals surface area contributed by atoms with Crippen molar-refractivity contribution in [2.45, 2.75) is 26.8 Å². The highest BCUT2D eigenvalue weighted by Crippen LogP contribution is 2.35. The lowest BCUT2D eigenvalue weighted by molar-refractivity contribution is 0.365. The number of piperazine rings is 1. The summed E-state index contributed by atoms with van der Waals surface area (Å²) in [6.45, 7) is 8.75. The summed E-state index contributed by atoms with van der Waals surface area (Å²) < 4.78 is 7.14. The molecule has 1 aromatic carbocycles. The predicted octanol–water partition coefficient (Wildman–Crippen LogP) is 2.10. The van der Waals surface area contributed by atoms with Crippen LogP contribution in [0.4, 0.5) is 5.95 Å². The Hall–Kier alpha value is -3.86. The lowest BCUT2D eigenvalue weighted by atomic mass is 10.0. The van der Waals surface area contributed by atoms with Gasteiger partial charge in [-0.15, -0.1) is 15.3 Å². The molecule has 3 aromatic heterocycles. The van der Waals surface area contributed by atoms with Crippen LogP contribution in [0, 0.1) is 12.8 Å². The van der Waals surface area contributed by atoms with Crippen LogP contribution in [0.3, 0.4) is 0 Å². The van der Waals surface area contributed by atoms with Crippen LogP contribution >= 0.6 is 0 Å². The number of hydrogen-bond donors (Lipinski definition) is 2. The van der Waals surface area contributed by atoms with Crippen molar-refractivity contribution >= 4 is 11.6 Å². The van der Waals surface area contributed by atoms with E-state index in [9.17, 15) is 5.11 Å². The van der Waals surface area contributed by atoms with Gasteiger partial charge in [0, 0.05) is 36.8 Å². The van der Waals surface area contributed by atoms with Gasteiger partial charge in [0.2, 0.25) is 11.8 Å². The zero-order valence-electron chi connectivity index (χ0n) is 19.6. The number of methoxy groups -OCH3 is 1. The molecule has 0 saturated carbocycles. The summed E-state index contributed by atoms with van der Waals surface area (Å²) in [6, 6.07) is 5.62. The number of anilines is 1. The van der Waals surface area contributed by atoms with Gasteiger partial charge >= 0.3 is 0 Å². The fourth-order valence-electron chi connectivity index (χ4n) is 4.16. The maximum Gasteiger partial charge on any atom is 0.245 e. The van der Waals surface area contributed by atoms with Crippen molar-refractivity contribution in [1.82, 2.24) is 40.1 Å². The minimum absolute atomic E-state index is 0.0436. The number of nitrogens with zero attached hydrogens (tertiary/aromatic N) is 8. The van der Waals surface area contributed by atoms with Crippen LogP contribution < -0.4 is 15.0 Å². The Morgan fingerprint density at radius 3 is 2.74 bits per heavy atom. The van der Waals surface area contributed by atoms with Gasteiger partial charge in [0.15, 0.2) is 5.65 Å². The van der Waals surface area contributed by atoms with Crippen LogP contribution in [-0.4, -0.2) is 72.7 Å². The normalized spacial score (nSPS) is 16.4. The number of fused-ring (bicyclic) bond motifs is 1. The SMILES string of the molecule is COc1c(-c2ccc(-c3cnc(N4CCN[C@@H](C(C)C)C4)nn3)c(O)c2)ncc2nc(C)nn12. The van der Waals surface area contributed by atoms with Crippen LogP contribution in [0.5, 0.6) is 11.6 Å². The number of ether oxygens (including phenoxy) is 1. The highest BCUT2D eigenvalue weighted by Gasteiger charge is 2.24. The zero-order chi connectivity index (χ0) is 23.8. The third kappa shape index (κ3) is 3.98. The fourth-order valence-corrected chi connectivity index (χ4v) is 4.16. The van der Waals surface area contributed by atoms with Crippen LogP contribution in [-0.2, 0) is 0 Å². The summed E-state index contributed by atoms with van der Waals surface area (Å²) in [7, 11) is 1.55. The summed E-state index contributed by atoms with van der Waals surface area (Å²) in [5, 5.41) is 27.3. The number of phenols is 1. The molecule has 2 N–H and O–H groups in total. The monoisotopic (exact) mass is 461 g/mol. The van der Waals surface area contributed by atoms with Gasteiger partial charge in [0.25, 0.3) is 0 Å². The number of nitrogens with one attached hydrogen (secondary N) is 1. The van der Waals surface area contributed by atoms with Crippen molar-refractivity contribution in [1.29, 1.82) is 0 Å². The molecular formula is C23H27N9O2. The molecule has 0 bridgehead atoms. The molecule has 0 spiro atoms.